The number of nitrogens with one attached hydrogen (secondary N) is 1. The number of para-hydroxylation sites is 2. The van der Waals surface area contributed by atoms with Gasteiger partial charge in [0, 0.05) is 18.3 Å². The van der Waals surface area contributed by atoms with Gasteiger partial charge in [-0.2, -0.15) is 0 Å². The van der Waals surface area contributed by atoms with Crippen molar-refractivity contribution in [3.63, 3.8) is 0 Å². The third-order valence-corrected chi connectivity index (χ3v) is 4.52. The predicted molar refractivity (Wildman–Crippen MR) is 92.5 cm³/mol. The van der Waals surface area contributed by atoms with Crippen molar-refractivity contribution >= 4 is 28.8 Å². The van der Waals surface area contributed by atoms with Crippen molar-refractivity contribution in [2.75, 3.05) is 24.6 Å². The Labute approximate surface area is 144 Å². The molecule has 2 amide bonds. The molecule has 1 aromatic carbocycles. The number of carbonyl (C=O) groups is 2. The van der Waals surface area contributed by atoms with Crippen molar-refractivity contribution in [3.05, 3.63) is 40.3 Å². The number of benzene rings is 1. The van der Waals surface area contributed by atoms with Gasteiger partial charge >= 0.3 is 0 Å². The van der Waals surface area contributed by atoms with E-state index in [0.717, 1.165) is 10.7 Å². The van der Waals surface area contributed by atoms with E-state index in [1.807, 2.05) is 30.5 Å². The van der Waals surface area contributed by atoms with Crippen LogP contribution in [0.4, 0.5) is 5.69 Å². The largest absolute Gasteiger partial charge is 0.491 e. The number of rotatable bonds is 5. The fourth-order valence-electron chi connectivity index (χ4n) is 2.55. The minimum atomic E-state index is -0.188. The summed E-state index contributed by atoms with van der Waals surface area (Å²) in [6.45, 7) is 2.78. The quantitative estimate of drug-likeness (QED) is 0.899. The Bertz CT molecular complexity index is 744. The average molecular weight is 345 g/mol. The number of hydrogen-bond acceptors (Lipinski definition) is 5. The van der Waals surface area contributed by atoms with Crippen LogP contribution in [0.25, 0.3) is 0 Å². The van der Waals surface area contributed by atoms with Gasteiger partial charge in [-0.05, 0) is 19.1 Å². The van der Waals surface area contributed by atoms with Gasteiger partial charge < -0.3 is 10.1 Å². The summed E-state index contributed by atoms with van der Waals surface area (Å²) >= 11 is 1.60. The summed E-state index contributed by atoms with van der Waals surface area (Å²) in [5, 5.41) is 5.86. The molecule has 2 heterocycles. The maximum atomic E-state index is 12.3. The molecule has 2 aromatic rings. The Morgan fingerprint density at radius 1 is 1.42 bits per heavy atom. The summed E-state index contributed by atoms with van der Waals surface area (Å²) in [6.07, 6.45) is 0.948. The molecular weight excluding hydrogens is 326 g/mol. The second-order valence-electron chi connectivity index (χ2n) is 5.50. The molecule has 0 radical (unpaired) electrons. The summed E-state index contributed by atoms with van der Waals surface area (Å²) < 4.78 is 5.57. The summed E-state index contributed by atoms with van der Waals surface area (Å²) in [6, 6.07) is 7.28. The second-order valence-corrected chi connectivity index (χ2v) is 6.57. The van der Waals surface area contributed by atoms with E-state index in [9.17, 15) is 9.59 Å². The van der Waals surface area contributed by atoms with E-state index in [2.05, 4.69) is 10.3 Å². The molecule has 0 atom stereocenters. The van der Waals surface area contributed by atoms with Gasteiger partial charge in [0.15, 0.2) is 0 Å². The first-order valence-corrected chi connectivity index (χ1v) is 8.71. The molecule has 7 heteroatoms. The molecule has 0 saturated carbocycles. The van der Waals surface area contributed by atoms with Crippen LogP contribution in [0, 0.1) is 6.92 Å². The zero-order valence-electron chi connectivity index (χ0n) is 13.4. The lowest BCUT2D eigenvalue weighted by Gasteiger charge is -2.21. The first-order valence-electron chi connectivity index (χ1n) is 7.83. The molecule has 1 aliphatic rings. The monoisotopic (exact) mass is 345 g/mol. The van der Waals surface area contributed by atoms with Gasteiger partial charge in [0.1, 0.15) is 12.3 Å². The van der Waals surface area contributed by atoms with Crippen molar-refractivity contribution < 1.29 is 14.3 Å². The highest BCUT2D eigenvalue weighted by molar-refractivity contribution is 7.09. The number of anilines is 1. The van der Waals surface area contributed by atoms with E-state index in [1.165, 1.54) is 4.90 Å². The highest BCUT2D eigenvalue weighted by Crippen LogP contribution is 2.30. The highest BCUT2D eigenvalue weighted by Gasteiger charge is 2.24. The number of amides is 2. The van der Waals surface area contributed by atoms with Gasteiger partial charge in [-0.15, -0.1) is 11.3 Å². The highest BCUT2D eigenvalue weighted by atomic mass is 32.1. The minimum absolute atomic E-state index is 0.00466. The van der Waals surface area contributed by atoms with Crippen molar-refractivity contribution in [1.82, 2.24) is 10.3 Å². The first-order chi connectivity index (χ1) is 11.6. The number of aryl methyl sites for hydroxylation is 1. The second kappa shape index (κ2) is 7.44. The number of nitrogens with zero attached hydrogens (tertiary/aromatic N) is 2. The van der Waals surface area contributed by atoms with Crippen LogP contribution in [0.3, 0.4) is 0 Å². The summed E-state index contributed by atoms with van der Waals surface area (Å²) in [5.74, 6) is 0.339. The van der Waals surface area contributed by atoms with Crippen LogP contribution in [0.15, 0.2) is 29.6 Å². The lowest BCUT2D eigenvalue weighted by molar-refractivity contribution is -0.123. The molecule has 126 valence electrons. The number of ether oxygens (including phenoxy) is 1. The predicted octanol–water partition coefficient (Wildman–Crippen LogP) is 1.93. The normalized spacial score (nSPS) is 13.9. The summed E-state index contributed by atoms with van der Waals surface area (Å²) in [7, 11) is 0. The SMILES string of the molecule is Cc1nc(CCNC(=O)CN2C(=O)CCOc3ccccc32)cs1. The third-order valence-electron chi connectivity index (χ3n) is 3.70. The van der Waals surface area contributed by atoms with Crippen LogP contribution >= 0.6 is 11.3 Å². The maximum Gasteiger partial charge on any atom is 0.240 e. The van der Waals surface area contributed by atoms with Gasteiger partial charge in [-0.3, -0.25) is 14.5 Å². The number of aromatic nitrogens is 1. The Kier molecular flexibility index (Phi) is 5.10. The van der Waals surface area contributed by atoms with E-state index in [-0.39, 0.29) is 24.8 Å². The van der Waals surface area contributed by atoms with E-state index in [1.54, 1.807) is 17.4 Å². The summed E-state index contributed by atoms with van der Waals surface area (Å²) in [4.78, 5) is 30.3. The van der Waals surface area contributed by atoms with E-state index < -0.39 is 0 Å². The number of hydrogen-bond donors (Lipinski definition) is 1. The van der Waals surface area contributed by atoms with E-state index in [4.69, 9.17) is 4.74 Å². The van der Waals surface area contributed by atoms with E-state index in [0.29, 0.717) is 31.0 Å². The lowest BCUT2D eigenvalue weighted by atomic mass is 10.2. The molecule has 0 aliphatic carbocycles. The minimum Gasteiger partial charge on any atom is -0.491 e. The number of carbonyl (C=O) groups excluding carboxylic acids is 2. The molecule has 0 saturated heterocycles. The van der Waals surface area contributed by atoms with Crippen LogP contribution < -0.4 is 15.0 Å². The summed E-state index contributed by atoms with van der Waals surface area (Å²) in [5.41, 5.74) is 1.62. The molecule has 6 nitrogen and oxygen atoms in total. The van der Waals surface area contributed by atoms with Gasteiger partial charge in [-0.25, -0.2) is 4.98 Å². The Hall–Kier alpha value is -2.41. The number of thiazole rings is 1. The van der Waals surface area contributed by atoms with Gasteiger partial charge in [0.2, 0.25) is 11.8 Å². The van der Waals surface area contributed by atoms with Crippen molar-refractivity contribution in [2.45, 2.75) is 19.8 Å². The molecule has 3 rings (SSSR count). The zero-order chi connectivity index (χ0) is 16.9. The van der Waals surface area contributed by atoms with Crippen LogP contribution in [0.2, 0.25) is 0 Å². The van der Waals surface area contributed by atoms with Crippen LogP contribution in [0.1, 0.15) is 17.1 Å². The number of fused-ring (bicyclic) bond motifs is 1. The fourth-order valence-corrected chi connectivity index (χ4v) is 3.19. The van der Waals surface area contributed by atoms with Gasteiger partial charge in [-0.1, -0.05) is 12.1 Å². The molecular formula is C17H19N3O3S. The molecule has 1 aliphatic heterocycles. The van der Waals surface area contributed by atoms with E-state index >= 15 is 0 Å². The standard InChI is InChI=1S/C17H19N3O3S/c1-12-19-13(11-24-12)6-8-18-16(21)10-20-14-4-2-3-5-15(14)23-9-7-17(20)22/h2-5,11H,6-10H2,1H3,(H,18,21). The maximum absolute atomic E-state index is 12.3. The molecule has 24 heavy (non-hydrogen) atoms. The molecule has 1 aromatic heterocycles. The van der Waals surface area contributed by atoms with Crippen molar-refractivity contribution in [3.8, 4) is 5.75 Å². The average Bonchev–Trinajstić information content (AvgIpc) is 2.91. The molecule has 0 bridgehead atoms. The van der Waals surface area contributed by atoms with Crippen LogP contribution in [0.5, 0.6) is 5.75 Å². The van der Waals surface area contributed by atoms with Crippen LogP contribution in [-0.4, -0.2) is 36.5 Å². The lowest BCUT2D eigenvalue weighted by Crippen LogP contribution is -2.41. The Balaban J connectivity index is 1.59. The molecule has 0 spiro atoms. The molecule has 0 unspecified atom stereocenters. The molecule has 0 fully saturated rings. The van der Waals surface area contributed by atoms with Gasteiger partial charge in [0.05, 0.1) is 29.4 Å². The molecule has 1 N–H and O–H groups in total. The van der Waals surface area contributed by atoms with Crippen LogP contribution in [-0.2, 0) is 16.0 Å². The van der Waals surface area contributed by atoms with Crippen molar-refractivity contribution in [2.24, 2.45) is 0 Å². The fraction of sp³-hybridized carbons (Fsp3) is 0.353. The smallest absolute Gasteiger partial charge is 0.240 e. The van der Waals surface area contributed by atoms with Gasteiger partial charge in [0.25, 0.3) is 0 Å². The first kappa shape index (κ1) is 16.4. The Morgan fingerprint density at radius 3 is 3.04 bits per heavy atom. The third kappa shape index (κ3) is 3.91. The zero-order valence-corrected chi connectivity index (χ0v) is 14.3. The Morgan fingerprint density at radius 2 is 2.25 bits per heavy atom. The topological polar surface area (TPSA) is 71.5 Å². The van der Waals surface area contributed by atoms with Crippen molar-refractivity contribution in [1.29, 1.82) is 0 Å².